The van der Waals surface area contributed by atoms with Gasteiger partial charge in [-0.25, -0.2) is 4.99 Å². The zero-order valence-electron chi connectivity index (χ0n) is 17.1. The average Bonchev–Trinajstić information content (AvgIpc) is 2.75. The molecular formula is C18H27N2O13-. The quantitative estimate of drug-likeness (QED) is 0.181. The van der Waals surface area contributed by atoms with Gasteiger partial charge >= 0.3 is 0 Å². The van der Waals surface area contributed by atoms with E-state index < -0.39 is 97.5 Å². The Bertz CT molecular complexity index is 831. The first-order chi connectivity index (χ1) is 15.4. The van der Waals surface area contributed by atoms with E-state index in [0.717, 1.165) is 0 Å². The molecule has 10 N–H and O–H groups in total. The Labute approximate surface area is 186 Å². The van der Waals surface area contributed by atoms with Crippen LogP contribution in [0.4, 0.5) is 0 Å². The van der Waals surface area contributed by atoms with Crippen LogP contribution in [0.1, 0.15) is 6.42 Å². The largest absolute Gasteiger partial charge is 0.805 e. The van der Waals surface area contributed by atoms with Crippen molar-refractivity contribution >= 4 is 5.84 Å². The highest BCUT2D eigenvalue weighted by molar-refractivity contribution is 5.82. The summed E-state index contributed by atoms with van der Waals surface area (Å²) in [7, 11) is 0. The molecule has 33 heavy (non-hydrogen) atoms. The van der Waals surface area contributed by atoms with Crippen LogP contribution in [-0.2, 0) is 18.9 Å². The maximum atomic E-state index is 13.1. The van der Waals surface area contributed by atoms with Crippen LogP contribution in [0.5, 0.6) is 0 Å². The SMILES string of the molecule is NC1=NC(O)C2C3OC4([O-])OC(C(O)C2(C1)[C@@H]4O)C3(O)COC1O[C@@H](CO)[C@@H](O)[C@@H](O)[C@@H]1O. The minimum Gasteiger partial charge on any atom is -0.805 e. The molecule has 5 fully saturated rings. The molecule has 5 heterocycles. The first-order valence-electron chi connectivity index (χ1n) is 10.5. The third-order valence-electron chi connectivity index (χ3n) is 7.63. The standard InChI is InChI=1S/C18H27N2O13/c19-5-1-16-6(13(26)20-5)11-17(28,12(10(16)25)33-18(29,32-11)15(16)27)3-30-14-9(24)8(23)7(22)4(2-21)31-14/h4,6-15,21-28H,1-3H2,(H2,19,20)/q-1/t4-,6?,7+,8+,9-,10?,11?,12?,13?,14?,15-,16?,17?,18?/m0/s1. The van der Waals surface area contributed by atoms with Crippen LogP contribution in [0, 0.1) is 11.3 Å². The summed E-state index contributed by atoms with van der Waals surface area (Å²) >= 11 is 0. The normalized spacial score (nSPS) is 59.9. The van der Waals surface area contributed by atoms with E-state index in [1.807, 2.05) is 0 Å². The van der Waals surface area contributed by atoms with E-state index in [1.54, 1.807) is 0 Å². The number of amidine groups is 1. The van der Waals surface area contributed by atoms with Gasteiger partial charge in [0.15, 0.2) is 12.5 Å². The van der Waals surface area contributed by atoms with Crippen LogP contribution in [0.15, 0.2) is 4.99 Å². The Morgan fingerprint density at radius 1 is 1.06 bits per heavy atom. The predicted octanol–water partition coefficient (Wildman–Crippen LogP) is -7.24. The molecule has 5 aliphatic heterocycles. The Morgan fingerprint density at radius 3 is 2.39 bits per heavy atom. The van der Waals surface area contributed by atoms with Crippen molar-refractivity contribution in [1.82, 2.24) is 0 Å². The highest BCUT2D eigenvalue weighted by Crippen LogP contribution is 2.63. The molecule has 188 valence electrons. The molecule has 0 aromatic rings. The van der Waals surface area contributed by atoms with E-state index in [-0.39, 0.29) is 12.3 Å². The summed E-state index contributed by atoms with van der Waals surface area (Å²) in [5, 5.41) is 96.3. The Balaban J connectivity index is 1.45. The third-order valence-corrected chi connectivity index (χ3v) is 7.63. The second-order valence-electron chi connectivity index (χ2n) is 9.38. The number of rotatable bonds is 4. The smallest absolute Gasteiger partial charge is 0.186 e. The monoisotopic (exact) mass is 479 g/mol. The molecule has 6 rings (SSSR count). The van der Waals surface area contributed by atoms with Gasteiger partial charge in [-0.2, -0.15) is 0 Å². The number of hydrogen-bond donors (Lipinski definition) is 9. The van der Waals surface area contributed by atoms with Crippen LogP contribution >= 0.6 is 0 Å². The van der Waals surface area contributed by atoms with Gasteiger partial charge in [-0.1, -0.05) is 0 Å². The number of aliphatic hydroxyl groups is 8. The fourth-order valence-corrected chi connectivity index (χ4v) is 5.98. The molecule has 0 aromatic carbocycles. The summed E-state index contributed by atoms with van der Waals surface area (Å²) < 4.78 is 21.2. The number of nitrogens with zero attached hydrogens (tertiary/aromatic N) is 1. The molecule has 1 saturated carbocycles. The number of aliphatic imine (C=N–C) groups is 1. The van der Waals surface area contributed by atoms with E-state index in [0.29, 0.717) is 0 Å². The van der Waals surface area contributed by atoms with Gasteiger partial charge in [-0.3, -0.25) is 0 Å². The topological polar surface area (TPSA) is 260 Å². The summed E-state index contributed by atoms with van der Waals surface area (Å²) in [6.45, 7) is -1.51. The van der Waals surface area contributed by atoms with Gasteiger partial charge in [0.2, 0.25) is 0 Å². The van der Waals surface area contributed by atoms with Gasteiger partial charge in [0.05, 0.1) is 25.2 Å². The minimum absolute atomic E-state index is 0.108. The highest BCUT2D eigenvalue weighted by Gasteiger charge is 2.79. The van der Waals surface area contributed by atoms with Crippen molar-refractivity contribution in [3.63, 3.8) is 0 Å². The number of aliphatic hydroxyl groups excluding tert-OH is 7. The predicted molar refractivity (Wildman–Crippen MR) is 97.3 cm³/mol. The number of hydrogen-bond acceptors (Lipinski definition) is 15. The maximum absolute atomic E-state index is 13.1. The molecule has 0 radical (unpaired) electrons. The van der Waals surface area contributed by atoms with Crippen molar-refractivity contribution < 1.29 is 64.9 Å². The molecule has 0 aromatic heterocycles. The van der Waals surface area contributed by atoms with Gasteiger partial charge in [-0.15, -0.1) is 0 Å². The lowest BCUT2D eigenvalue weighted by Crippen LogP contribution is -2.92. The summed E-state index contributed by atoms with van der Waals surface area (Å²) in [4.78, 5) is 3.84. The van der Waals surface area contributed by atoms with Crippen LogP contribution in [0.25, 0.3) is 0 Å². The molecule has 15 nitrogen and oxygen atoms in total. The van der Waals surface area contributed by atoms with Crippen molar-refractivity contribution in [2.45, 2.75) is 79.3 Å². The molecule has 1 aliphatic carbocycles. The first-order valence-corrected chi connectivity index (χ1v) is 10.5. The van der Waals surface area contributed by atoms with Crippen molar-refractivity contribution in [2.24, 2.45) is 22.1 Å². The zero-order valence-corrected chi connectivity index (χ0v) is 17.1. The van der Waals surface area contributed by atoms with Gasteiger partial charge in [0.25, 0.3) is 0 Å². The maximum Gasteiger partial charge on any atom is 0.186 e. The van der Waals surface area contributed by atoms with E-state index in [1.165, 1.54) is 0 Å². The lowest BCUT2D eigenvalue weighted by atomic mass is 9.49. The summed E-state index contributed by atoms with van der Waals surface area (Å²) in [5.74, 6) is -4.25. The molecule has 15 heteroatoms. The van der Waals surface area contributed by atoms with Crippen LogP contribution in [-0.4, -0.2) is 133 Å². The summed E-state index contributed by atoms with van der Waals surface area (Å²) in [6.07, 6.45) is -16.8. The fourth-order valence-electron chi connectivity index (χ4n) is 5.98. The fraction of sp³-hybridized carbons (Fsp3) is 0.944. The zero-order chi connectivity index (χ0) is 24.1. The molecule has 14 atom stereocenters. The molecule has 4 saturated heterocycles. The van der Waals surface area contributed by atoms with Crippen LogP contribution in [0.3, 0.4) is 0 Å². The van der Waals surface area contributed by atoms with Gasteiger partial charge in [0, 0.05) is 17.8 Å². The van der Waals surface area contributed by atoms with E-state index in [9.17, 15) is 46.0 Å². The third kappa shape index (κ3) is 2.94. The Hall–Kier alpha value is -1.05. The highest BCUT2D eigenvalue weighted by atomic mass is 16.9. The average molecular weight is 479 g/mol. The lowest BCUT2D eigenvalue weighted by molar-refractivity contribution is -0.715. The van der Waals surface area contributed by atoms with Crippen LogP contribution < -0.4 is 10.8 Å². The van der Waals surface area contributed by atoms with Gasteiger partial charge < -0.3 is 70.6 Å². The van der Waals surface area contributed by atoms with Gasteiger partial charge in [0.1, 0.15) is 54.3 Å². The van der Waals surface area contributed by atoms with Crippen molar-refractivity contribution in [3.8, 4) is 0 Å². The molecule has 9 unspecified atom stereocenters. The molecule has 1 spiro atoms. The summed E-state index contributed by atoms with van der Waals surface area (Å²) in [5.41, 5.74) is 1.75. The second-order valence-corrected chi connectivity index (χ2v) is 9.38. The molecular weight excluding hydrogens is 452 g/mol. The van der Waals surface area contributed by atoms with E-state index >= 15 is 0 Å². The second kappa shape index (κ2) is 7.47. The van der Waals surface area contributed by atoms with Crippen molar-refractivity contribution in [3.05, 3.63) is 0 Å². The van der Waals surface area contributed by atoms with Crippen molar-refractivity contribution in [2.75, 3.05) is 13.2 Å². The van der Waals surface area contributed by atoms with Crippen molar-refractivity contribution in [1.29, 1.82) is 0 Å². The number of nitrogens with two attached hydrogens (primary N) is 1. The van der Waals surface area contributed by atoms with E-state index in [4.69, 9.17) is 24.7 Å². The molecule has 0 amide bonds. The van der Waals surface area contributed by atoms with Gasteiger partial charge in [-0.05, 0) is 0 Å². The van der Waals surface area contributed by atoms with E-state index in [2.05, 4.69) is 4.99 Å². The summed E-state index contributed by atoms with van der Waals surface area (Å²) in [6, 6.07) is 0. The minimum atomic E-state index is -2.86. The van der Waals surface area contributed by atoms with Crippen LogP contribution in [0.2, 0.25) is 0 Å². The number of ether oxygens (including phenoxy) is 4. The Morgan fingerprint density at radius 2 is 1.73 bits per heavy atom. The first kappa shape index (κ1) is 23.7. The Kier molecular flexibility index (Phi) is 5.36. The lowest BCUT2D eigenvalue weighted by Gasteiger charge is -2.75. The molecule has 6 aliphatic rings. The molecule has 4 bridgehead atoms.